The molecule has 0 unspecified atom stereocenters. The van der Waals surface area contributed by atoms with Gasteiger partial charge in [0, 0.05) is 17.7 Å². The van der Waals surface area contributed by atoms with Gasteiger partial charge in [0.25, 0.3) is 5.91 Å². The molecule has 2 aromatic carbocycles. The Kier molecular flexibility index (Phi) is 6.18. The molecule has 120 valence electrons. The minimum atomic E-state index is -0.306. The topological polar surface area (TPSA) is 50.7 Å². The molecule has 1 amide bonds. The Balaban J connectivity index is 1.77. The Hall–Kier alpha value is -2.33. The Labute approximate surface area is 141 Å². The minimum Gasteiger partial charge on any atom is -0.484 e. The van der Waals surface area contributed by atoms with Crippen LogP contribution in [0.15, 0.2) is 47.6 Å². The molecule has 23 heavy (non-hydrogen) atoms. The van der Waals surface area contributed by atoms with Crippen molar-refractivity contribution >= 4 is 23.7 Å². The summed E-state index contributed by atoms with van der Waals surface area (Å²) < 4.78 is 5.46. The molecule has 0 aromatic heterocycles. The molecule has 0 bridgehead atoms. The molecule has 0 aliphatic carbocycles. The third kappa shape index (κ3) is 5.42. The zero-order valence-electron chi connectivity index (χ0n) is 13.2. The Morgan fingerprint density at radius 3 is 2.52 bits per heavy atom. The van der Waals surface area contributed by atoms with Gasteiger partial charge in [-0.05, 0) is 42.7 Å². The van der Waals surface area contributed by atoms with Gasteiger partial charge in [0.15, 0.2) is 6.61 Å². The van der Waals surface area contributed by atoms with Gasteiger partial charge < -0.3 is 4.74 Å². The first kappa shape index (κ1) is 17.0. The van der Waals surface area contributed by atoms with E-state index in [-0.39, 0.29) is 12.5 Å². The first-order valence-electron chi connectivity index (χ1n) is 7.30. The van der Waals surface area contributed by atoms with E-state index in [1.165, 1.54) is 0 Å². The zero-order valence-corrected chi connectivity index (χ0v) is 13.9. The van der Waals surface area contributed by atoms with Crippen LogP contribution >= 0.6 is 11.6 Å². The molecule has 2 rings (SSSR count). The molecule has 0 spiro atoms. The number of nitrogens with one attached hydrogen (secondary N) is 1. The van der Waals surface area contributed by atoms with Gasteiger partial charge in [0.1, 0.15) is 5.75 Å². The third-order valence-corrected chi connectivity index (χ3v) is 3.83. The number of rotatable bonds is 6. The van der Waals surface area contributed by atoms with Crippen LogP contribution in [0.4, 0.5) is 0 Å². The number of nitrogens with zero attached hydrogens (tertiary/aromatic N) is 1. The first-order valence-corrected chi connectivity index (χ1v) is 7.68. The van der Waals surface area contributed by atoms with Gasteiger partial charge in [-0.2, -0.15) is 5.10 Å². The highest BCUT2D eigenvalue weighted by atomic mass is 35.5. The van der Waals surface area contributed by atoms with Gasteiger partial charge in [-0.3, -0.25) is 4.79 Å². The summed E-state index contributed by atoms with van der Waals surface area (Å²) in [6, 6.07) is 13.5. The summed E-state index contributed by atoms with van der Waals surface area (Å²) in [5, 5.41) is 4.62. The first-order chi connectivity index (χ1) is 11.1. The fourth-order valence-electron chi connectivity index (χ4n) is 2.05. The van der Waals surface area contributed by atoms with Crippen LogP contribution in [0, 0.1) is 13.8 Å². The summed E-state index contributed by atoms with van der Waals surface area (Å²) >= 11 is 6.09. The molecule has 0 saturated heterocycles. The average Bonchev–Trinajstić information content (AvgIpc) is 2.55. The Bertz CT molecular complexity index is 676. The average molecular weight is 331 g/mol. The molecule has 1 N–H and O–H groups in total. The third-order valence-electron chi connectivity index (χ3n) is 3.23. The van der Waals surface area contributed by atoms with Gasteiger partial charge in [-0.15, -0.1) is 0 Å². The number of amides is 1. The maximum absolute atomic E-state index is 11.7. The van der Waals surface area contributed by atoms with Crippen LogP contribution in [0.25, 0.3) is 0 Å². The van der Waals surface area contributed by atoms with Crippen LogP contribution < -0.4 is 10.2 Å². The molecule has 0 atom stereocenters. The quantitative estimate of drug-likeness (QED) is 0.649. The van der Waals surface area contributed by atoms with Gasteiger partial charge in [0.2, 0.25) is 0 Å². The van der Waals surface area contributed by atoms with E-state index in [0.717, 1.165) is 16.7 Å². The molecule has 2 aromatic rings. The van der Waals surface area contributed by atoms with Gasteiger partial charge >= 0.3 is 0 Å². The summed E-state index contributed by atoms with van der Waals surface area (Å²) in [6.45, 7) is 3.70. The lowest BCUT2D eigenvalue weighted by atomic mass is 10.1. The molecule has 0 radical (unpaired) electrons. The summed E-state index contributed by atoms with van der Waals surface area (Å²) in [5.74, 6) is 0.312. The second-order valence-electron chi connectivity index (χ2n) is 5.20. The van der Waals surface area contributed by atoms with E-state index in [1.807, 2.05) is 44.2 Å². The van der Waals surface area contributed by atoms with E-state index in [2.05, 4.69) is 10.5 Å². The van der Waals surface area contributed by atoms with Gasteiger partial charge in [-0.25, -0.2) is 5.43 Å². The van der Waals surface area contributed by atoms with Crippen molar-refractivity contribution in [3.63, 3.8) is 0 Å². The maximum atomic E-state index is 11.7. The Morgan fingerprint density at radius 2 is 1.87 bits per heavy atom. The van der Waals surface area contributed by atoms with Crippen molar-refractivity contribution in [1.82, 2.24) is 5.43 Å². The van der Waals surface area contributed by atoms with Crippen LogP contribution in [0.1, 0.15) is 16.7 Å². The highest BCUT2D eigenvalue weighted by Crippen LogP contribution is 2.25. The van der Waals surface area contributed by atoms with Crippen molar-refractivity contribution in [2.75, 3.05) is 6.61 Å². The number of aryl methyl sites for hydroxylation is 2. The highest BCUT2D eigenvalue weighted by molar-refractivity contribution is 6.32. The number of carbonyl (C=O) groups excluding carboxylic acids is 1. The molecule has 5 heteroatoms. The van der Waals surface area contributed by atoms with Crippen molar-refractivity contribution in [1.29, 1.82) is 0 Å². The largest absolute Gasteiger partial charge is 0.484 e. The zero-order chi connectivity index (χ0) is 16.7. The molecule has 0 fully saturated rings. The van der Waals surface area contributed by atoms with Crippen LogP contribution in [0.5, 0.6) is 5.75 Å². The van der Waals surface area contributed by atoms with Crippen molar-refractivity contribution in [2.24, 2.45) is 5.10 Å². The lowest BCUT2D eigenvalue weighted by Crippen LogP contribution is -2.24. The molecular formula is C18H19ClN2O2. The van der Waals surface area contributed by atoms with Crippen LogP contribution in [0.2, 0.25) is 5.02 Å². The number of halogens is 1. The summed E-state index contributed by atoms with van der Waals surface area (Å²) in [7, 11) is 0. The van der Waals surface area contributed by atoms with Crippen LogP contribution in [-0.2, 0) is 11.2 Å². The van der Waals surface area contributed by atoms with E-state index >= 15 is 0 Å². The highest BCUT2D eigenvalue weighted by Gasteiger charge is 2.05. The van der Waals surface area contributed by atoms with Crippen molar-refractivity contribution in [3.05, 3.63) is 64.2 Å². The summed E-state index contributed by atoms with van der Waals surface area (Å²) in [4.78, 5) is 11.7. The van der Waals surface area contributed by atoms with Crippen molar-refractivity contribution in [2.45, 2.75) is 20.3 Å². The van der Waals surface area contributed by atoms with E-state index in [4.69, 9.17) is 16.3 Å². The number of hydrogen-bond acceptors (Lipinski definition) is 3. The second-order valence-corrected chi connectivity index (χ2v) is 5.57. The predicted molar refractivity (Wildman–Crippen MR) is 93.2 cm³/mol. The molecule has 0 heterocycles. The second kappa shape index (κ2) is 8.34. The number of hydrogen-bond donors (Lipinski definition) is 1. The van der Waals surface area contributed by atoms with E-state index in [0.29, 0.717) is 17.2 Å². The minimum absolute atomic E-state index is 0.0941. The van der Waals surface area contributed by atoms with Crippen LogP contribution in [-0.4, -0.2) is 18.7 Å². The number of benzene rings is 2. The molecule has 0 aliphatic heterocycles. The number of carbonyl (C=O) groups is 1. The summed E-state index contributed by atoms with van der Waals surface area (Å²) in [5.41, 5.74) is 5.42. The standard InChI is InChI=1S/C18H19ClN2O2/c1-13-10-16(11-14(2)18(13)19)23-12-17(22)21-20-9-8-15-6-4-3-5-7-15/h3-7,9-11H,8,12H2,1-2H3,(H,21,22)/b20-9+. The summed E-state index contributed by atoms with van der Waals surface area (Å²) in [6.07, 6.45) is 2.32. The predicted octanol–water partition coefficient (Wildman–Crippen LogP) is 3.68. The van der Waals surface area contributed by atoms with E-state index in [1.54, 1.807) is 18.3 Å². The normalized spacial score (nSPS) is 10.7. The molecule has 0 aliphatic rings. The van der Waals surface area contributed by atoms with E-state index in [9.17, 15) is 4.79 Å². The Morgan fingerprint density at radius 1 is 1.22 bits per heavy atom. The van der Waals surface area contributed by atoms with E-state index < -0.39 is 0 Å². The smallest absolute Gasteiger partial charge is 0.277 e. The van der Waals surface area contributed by atoms with Crippen molar-refractivity contribution < 1.29 is 9.53 Å². The SMILES string of the molecule is Cc1cc(OCC(=O)N/N=C/Cc2ccccc2)cc(C)c1Cl. The van der Waals surface area contributed by atoms with Gasteiger partial charge in [-0.1, -0.05) is 41.9 Å². The maximum Gasteiger partial charge on any atom is 0.277 e. The molecule has 4 nitrogen and oxygen atoms in total. The fourth-order valence-corrected chi connectivity index (χ4v) is 2.16. The van der Waals surface area contributed by atoms with Gasteiger partial charge in [0.05, 0.1) is 0 Å². The lowest BCUT2D eigenvalue weighted by molar-refractivity contribution is -0.123. The molecule has 0 saturated carbocycles. The lowest BCUT2D eigenvalue weighted by Gasteiger charge is -2.09. The fraction of sp³-hybridized carbons (Fsp3) is 0.222. The van der Waals surface area contributed by atoms with Crippen LogP contribution in [0.3, 0.4) is 0 Å². The van der Waals surface area contributed by atoms with Crippen molar-refractivity contribution in [3.8, 4) is 5.75 Å². The number of ether oxygens (including phenoxy) is 1. The molecular weight excluding hydrogens is 312 g/mol. The monoisotopic (exact) mass is 330 g/mol. The number of hydrazone groups is 1.